The molecule has 0 saturated carbocycles. The molecule has 6 nitrogen and oxygen atoms in total. The molecule has 100 valence electrons. The highest BCUT2D eigenvalue weighted by molar-refractivity contribution is 6.03. The van der Waals surface area contributed by atoms with E-state index in [0.717, 1.165) is 0 Å². The number of ketones is 1. The maximum absolute atomic E-state index is 11.3. The van der Waals surface area contributed by atoms with Crippen molar-refractivity contribution in [1.29, 1.82) is 5.26 Å². The third kappa shape index (κ3) is 4.50. The molecule has 6 heteroatoms. The van der Waals surface area contributed by atoms with Crippen molar-refractivity contribution in [1.82, 2.24) is 0 Å². The first-order valence-electron chi connectivity index (χ1n) is 5.59. The summed E-state index contributed by atoms with van der Waals surface area (Å²) in [6, 6.07) is 7.52. The van der Waals surface area contributed by atoms with E-state index in [1.165, 1.54) is 37.3 Å². The fraction of sp³-hybridized carbons (Fsp3) is 0.308. The zero-order valence-corrected chi connectivity index (χ0v) is 10.3. The zero-order chi connectivity index (χ0) is 14.4. The molecule has 0 bridgehead atoms. The van der Waals surface area contributed by atoms with Crippen LogP contribution >= 0.6 is 0 Å². The van der Waals surface area contributed by atoms with Crippen molar-refractivity contribution in [3.05, 3.63) is 29.8 Å². The molecule has 1 amide bonds. The molecule has 0 radical (unpaired) electrons. The number of rotatable bonds is 5. The minimum atomic E-state index is -1.50. The average Bonchev–Trinajstić information content (AvgIpc) is 2.36. The number of nitrogens with zero attached hydrogens (tertiary/aromatic N) is 1. The van der Waals surface area contributed by atoms with E-state index in [1.54, 1.807) is 0 Å². The summed E-state index contributed by atoms with van der Waals surface area (Å²) in [6.45, 7) is 1.32. The summed E-state index contributed by atoms with van der Waals surface area (Å²) < 4.78 is 0. The van der Waals surface area contributed by atoms with E-state index in [1.807, 2.05) is 0 Å². The van der Waals surface area contributed by atoms with Crippen molar-refractivity contribution in [2.75, 3.05) is 5.32 Å². The quantitative estimate of drug-likeness (QED) is 0.529. The maximum Gasteiger partial charge on any atom is 0.231 e. The van der Waals surface area contributed by atoms with Crippen molar-refractivity contribution in [2.45, 2.75) is 25.6 Å². The van der Waals surface area contributed by atoms with Crippen molar-refractivity contribution < 1.29 is 19.8 Å². The molecule has 0 aliphatic carbocycles. The molecular weight excluding hydrogens is 248 g/mol. The molecule has 2 unspecified atom stereocenters. The number of carbonyl (C=O) groups is 2. The van der Waals surface area contributed by atoms with Crippen molar-refractivity contribution >= 4 is 17.4 Å². The Hall–Kier alpha value is -2.23. The summed E-state index contributed by atoms with van der Waals surface area (Å²) >= 11 is 0. The van der Waals surface area contributed by atoms with Gasteiger partial charge in [-0.25, -0.2) is 0 Å². The van der Waals surface area contributed by atoms with Gasteiger partial charge in [-0.2, -0.15) is 5.26 Å². The summed E-state index contributed by atoms with van der Waals surface area (Å²) in [7, 11) is 0. The molecule has 1 rings (SSSR count). The number of benzene rings is 1. The average molecular weight is 262 g/mol. The van der Waals surface area contributed by atoms with Gasteiger partial charge >= 0.3 is 0 Å². The summed E-state index contributed by atoms with van der Waals surface area (Å²) in [6.07, 6.45) is -3.00. The fourth-order valence-corrected chi connectivity index (χ4v) is 1.45. The van der Waals surface area contributed by atoms with Gasteiger partial charge in [0, 0.05) is 5.69 Å². The highest BCUT2D eigenvalue weighted by atomic mass is 16.3. The number of nitrogens with one attached hydrogen (secondary N) is 1. The van der Waals surface area contributed by atoms with Crippen LogP contribution < -0.4 is 5.32 Å². The molecule has 19 heavy (non-hydrogen) atoms. The Balaban J connectivity index is 2.69. The van der Waals surface area contributed by atoms with Gasteiger partial charge in [0.15, 0.2) is 6.10 Å². The molecule has 0 spiro atoms. The van der Waals surface area contributed by atoms with E-state index in [0.29, 0.717) is 11.3 Å². The first-order valence-corrected chi connectivity index (χ1v) is 5.59. The van der Waals surface area contributed by atoms with Crippen LogP contribution in [0.5, 0.6) is 0 Å². The Morgan fingerprint density at radius 1 is 1.32 bits per heavy atom. The van der Waals surface area contributed by atoms with Gasteiger partial charge in [0.1, 0.15) is 11.9 Å². The van der Waals surface area contributed by atoms with Crippen LogP contribution in [0.25, 0.3) is 0 Å². The molecule has 2 atom stereocenters. The minimum Gasteiger partial charge on any atom is -0.385 e. The van der Waals surface area contributed by atoms with Gasteiger partial charge in [0.2, 0.25) is 5.91 Å². The molecule has 1 aromatic carbocycles. The smallest absolute Gasteiger partial charge is 0.231 e. The molecule has 0 aromatic heterocycles. The third-order valence-corrected chi connectivity index (χ3v) is 2.38. The Kier molecular flexibility index (Phi) is 5.18. The van der Waals surface area contributed by atoms with E-state index < -0.39 is 18.1 Å². The molecule has 0 saturated heterocycles. The van der Waals surface area contributed by atoms with Crippen molar-refractivity contribution in [3.8, 4) is 6.07 Å². The predicted octanol–water partition coefficient (Wildman–Crippen LogP) is 0.522. The normalized spacial score (nSPS) is 13.2. The minimum absolute atomic E-state index is 0.197. The van der Waals surface area contributed by atoms with Gasteiger partial charge in [-0.3, -0.25) is 9.59 Å². The number of amides is 1. The number of anilines is 1. The Morgan fingerprint density at radius 2 is 1.89 bits per heavy atom. The molecule has 0 heterocycles. The zero-order valence-electron chi connectivity index (χ0n) is 10.3. The second-order valence-corrected chi connectivity index (χ2v) is 4.07. The number of carbonyl (C=O) groups excluding carboxylic acids is 2. The van der Waals surface area contributed by atoms with Crippen LogP contribution in [-0.4, -0.2) is 28.0 Å². The fourth-order valence-electron chi connectivity index (χ4n) is 1.45. The van der Waals surface area contributed by atoms with Gasteiger partial charge in [0.05, 0.1) is 12.5 Å². The van der Waals surface area contributed by atoms with Crippen LogP contribution in [0.2, 0.25) is 0 Å². The van der Waals surface area contributed by atoms with Crippen LogP contribution in [0, 0.1) is 11.3 Å². The lowest BCUT2D eigenvalue weighted by Crippen LogP contribution is -2.16. The summed E-state index contributed by atoms with van der Waals surface area (Å²) in [5, 5.41) is 29.7. The Labute approximate surface area is 110 Å². The van der Waals surface area contributed by atoms with Crippen molar-refractivity contribution in [2.24, 2.45) is 0 Å². The molecular formula is C13H14N2O4. The molecule has 3 N–H and O–H groups in total. The summed E-state index contributed by atoms with van der Waals surface area (Å²) in [5.74, 6) is -0.653. The molecule has 0 aliphatic heterocycles. The monoisotopic (exact) mass is 262 g/mol. The number of aliphatic hydroxyl groups is 2. The number of nitriles is 1. The second-order valence-electron chi connectivity index (χ2n) is 4.07. The molecule has 0 aliphatic rings. The third-order valence-electron chi connectivity index (χ3n) is 2.38. The van der Waals surface area contributed by atoms with Crippen molar-refractivity contribution in [3.63, 3.8) is 0 Å². The topological polar surface area (TPSA) is 110 Å². The Morgan fingerprint density at radius 3 is 2.37 bits per heavy atom. The number of hydrogen-bond acceptors (Lipinski definition) is 5. The number of aliphatic hydroxyl groups excluding tert-OH is 2. The van der Waals surface area contributed by atoms with Crippen LogP contribution in [0.3, 0.4) is 0 Å². The van der Waals surface area contributed by atoms with E-state index in [9.17, 15) is 19.8 Å². The van der Waals surface area contributed by atoms with E-state index >= 15 is 0 Å². The molecule has 0 fully saturated rings. The highest BCUT2D eigenvalue weighted by Crippen LogP contribution is 2.19. The van der Waals surface area contributed by atoms with Gasteiger partial charge in [-0.1, -0.05) is 12.1 Å². The summed E-state index contributed by atoms with van der Waals surface area (Å²) in [4.78, 5) is 22.1. The summed E-state index contributed by atoms with van der Waals surface area (Å²) in [5.41, 5.74) is 0.826. The van der Waals surface area contributed by atoms with Crippen LogP contribution in [0.15, 0.2) is 24.3 Å². The number of Topliss-reactive ketones (excluding diaryl/α,β-unsaturated/α-hetero) is 1. The van der Waals surface area contributed by atoms with E-state index in [2.05, 4.69) is 5.32 Å². The SMILES string of the molecule is CC(=O)CC(=O)Nc1ccc(C(O)C(O)C#N)cc1. The lowest BCUT2D eigenvalue weighted by Gasteiger charge is -2.12. The van der Waals surface area contributed by atoms with Gasteiger partial charge < -0.3 is 15.5 Å². The van der Waals surface area contributed by atoms with Gasteiger partial charge in [-0.05, 0) is 24.6 Å². The Bertz CT molecular complexity index is 504. The maximum atomic E-state index is 11.3. The van der Waals surface area contributed by atoms with Crippen LogP contribution in [0.4, 0.5) is 5.69 Å². The first-order chi connectivity index (χ1) is 8.93. The lowest BCUT2D eigenvalue weighted by molar-refractivity contribution is -0.124. The van der Waals surface area contributed by atoms with Crippen LogP contribution in [0.1, 0.15) is 25.0 Å². The standard InChI is InChI=1S/C13H14N2O4/c1-8(16)6-12(18)15-10-4-2-9(3-5-10)13(19)11(17)7-14/h2-5,11,13,17,19H,6H2,1H3,(H,15,18). The largest absolute Gasteiger partial charge is 0.385 e. The van der Waals surface area contributed by atoms with E-state index in [-0.39, 0.29) is 12.2 Å². The van der Waals surface area contributed by atoms with Crippen LogP contribution in [-0.2, 0) is 9.59 Å². The highest BCUT2D eigenvalue weighted by Gasteiger charge is 2.17. The molecule has 1 aromatic rings. The lowest BCUT2D eigenvalue weighted by atomic mass is 10.0. The second kappa shape index (κ2) is 6.64. The number of hydrogen-bond donors (Lipinski definition) is 3. The predicted molar refractivity (Wildman–Crippen MR) is 66.9 cm³/mol. The van der Waals surface area contributed by atoms with Gasteiger partial charge in [0.25, 0.3) is 0 Å². The van der Waals surface area contributed by atoms with Gasteiger partial charge in [-0.15, -0.1) is 0 Å². The first kappa shape index (κ1) is 14.8. The van der Waals surface area contributed by atoms with E-state index in [4.69, 9.17) is 5.26 Å².